The molecule has 0 spiro atoms. The molecule has 1 unspecified atom stereocenters. The monoisotopic (exact) mass is 297 g/mol. The Morgan fingerprint density at radius 2 is 1.70 bits per heavy atom. The first-order valence-electron chi connectivity index (χ1n) is 7.05. The van der Waals surface area contributed by atoms with Crippen LogP contribution >= 0.6 is 0 Å². The van der Waals surface area contributed by atoms with Crippen molar-refractivity contribution in [2.45, 2.75) is 50.6 Å². The van der Waals surface area contributed by atoms with Gasteiger partial charge in [0.15, 0.2) is 0 Å². The van der Waals surface area contributed by atoms with Crippen molar-refractivity contribution >= 4 is 10.0 Å². The minimum Gasteiger partial charge on any atom is -0.497 e. The first-order chi connectivity index (χ1) is 9.37. The number of nitrogens with zero attached hydrogens (tertiary/aromatic N) is 1. The molecule has 4 nitrogen and oxygen atoms in total. The van der Waals surface area contributed by atoms with Crippen LogP contribution in [0.15, 0.2) is 29.2 Å². The van der Waals surface area contributed by atoms with Gasteiger partial charge in [-0.3, -0.25) is 0 Å². The smallest absolute Gasteiger partial charge is 0.243 e. The molecule has 0 amide bonds. The minimum absolute atomic E-state index is 0.00889. The SMILES string of the molecule is COc1ccc(S(=O)(=O)N(C2CC2)C(C)C(C)C)cc1. The summed E-state index contributed by atoms with van der Waals surface area (Å²) in [5, 5.41) is 0. The van der Waals surface area contributed by atoms with Crippen molar-refractivity contribution in [2.24, 2.45) is 5.92 Å². The van der Waals surface area contributed by atoms with Crippen molar-refractivity contribution < 1.29 is 13.2 Å². The second-order valence-corrected chi connectivity index (χ2v) is 7.57. The van der Waals surface area contributed by atoms with Crippen LogP contribution < -0.4 is 4.74 Å². The van der Waals surface area contributed by atoms with Crippen molar-refractivity contribution in [1.82, 2.24) is 4.31 Å². The number of ether oxygens (including phenoxy) is 1. The van der Waals surface area contributed by atoms with Gasteiger partial charge in [-0.05, 0) is 49.9 Å². The molecule has 1 aliphatic rings. The number of rotatable bonds is 6. The van der Waals surface area contributed by atoms with Crippen LogP contribution in [0.3, 0.4) is 0 Å². The largest absolute Gasteiger partial charge is 0.497 e. The van der Waals surface area contributed by atoms with E-state index in [1.165, 1.54) is 0 Å². The third-order valence-electron chi connectivity index (χ3n) is 3.91. The van der Waals surface area contributed by atoms with Crippen molar-refractivity contribution in [2.75, 3.05) is 7.11 Å². The van der Waals surface area contributed by atoms with E-state index in [4.69, 9.17) is 4.74 Å². The predicted octanol–water partition coefficient (Wildman–Crippen LogP) is 2.89. The van der Waals surface area contributed by atoms with Gasteiger partial charge < -0.3 is 4.74 Å². The van der Waals surface area contributed by atoms with Crippen LogP contribution in [0.1, 0.15) is 33.6 Å². The Hall–Kier alpha value is -1.07. The van der Waals surface area contributed by atoms with E-state index < -0.39 is 10.0 Å². The molecule has 1 saturated carbocycles. The summed E-state index contributed by atoms with van der Waals surface area (Å²) in [5.74, 6) is 0.961. The van der Waals surface area contributed by atoms with Crippen LogP contribution in [0.25, 0.3) is 0 Å². The molecule has 112 valence electrons. The lowest BCUT2D eigenvalue weighted by Gasteiger charge is -2.31. The summed E-state index contributed by atoms with van der Waals surface area (Å²) in [6.45, 7) is 6.11. The third-order valence-corrected chi connectivity index (χ3v) is 5.96. The molecule has 0 radical (unpaired) electrons. The highest BCUT2D eigenvalue weighted by Gasteiger charge is 2.41. The second kappa shape index (κ2) is 5.74. The van der Waals surface area contributed by atoms with Gasteiger partial charge in [-0.15, -0.1) is 0 Å². The number of sulfonamides is 1. The highest BCUT2D eigenvalue weighted by Crippen LogP contribution is 2.35. The van der Waals surface area contributed by atoms with Crippen LogP contribution in [0, 0.1) is 5.92 Å². The van der Waals surface area contributed by atoms with Crippen LogP contribution in [-0.2, 0) is 10.0 Å². The van der Waals surface area contributed by atoms with Gasteiger partial charge in [0.2, 0.25) is 10.0 Å². The molecule has 2 rings (SSSR count). The maximum Gasteiger partial charge on any atom is 0.243 e. The zero-order valence-corrected chi connectivity index (χ0v) is 13.4. The van der Waals surface area contributed by atoms with E-state index in [-0.39, 0.29) is 12.1 Å². The van der Waals surface area contributed by atoms with E-state index in [1.807, 2.05) is 6.92 Å². The average Bonchev–Trinajstić information content (AvgIpc) is 3.23. The maximum atomic E-state index is 12.8. The Morgan fingerprint density at radius 1 is 1.15 bits per heavy atom. The summed E-state index contributed by atoms with van der Waals surface area (Å²) in [6, 6.07) is 6.80. The van der Waals surface area contributed by atoms with Crippen molar-refractivity contribution in [3.8, 4) is 5.75 Å². The van der Waals surface area contributed by atoms with Crippen LogP contribution in [0.4, 0.5) is 0 Å². The number of benzene rings is 1. The lowest BCUT2D eigenvalue weighted by atomic mass is 10.1. The molecular formula is C15H23NO3S. The van der Waals surface area contributed by atoms with Crippen molar-refractivity contribution in [1.29, 1.82) is 0 Å². The molecule has 0 aromatic heterocycles. The maximum absolute atomic E-state index is 12.8. The van der Waals surface area contributed by atoms with Crippen LogP contribution in [0.2, 0.25) is 0 Å². The first-order valence-corrected chi connectivity index (χ1v) is 8.49. The van der Waals surface area contributed by atoms with Gasteiger partial charge >= 0.3 is 0 Å². The molecule has 1 aliphatic carbocycles. The van der Waals surface area contributed by atoms with Gasteiger partial charge in [0, 0.05) is 12.1 Å². The number of methoxy groups -OCH3 is 1. The lowest BCUT2D eigenvalue weighted by Crippen LogP contribution is -2.42. The van der Waals surface area contributed by atoms with E-state index in [0.717, 1.165) is 12.8 Å². The van der Waals surface area contributed by atoms with Gasteiger partial charge in [0.25, 0.3) is 0 Å². The summed E-state index contributed by atoms with van der Waals surface area (Å²) >= 11 is 0. The van der Waals surface area contributed by atoms with Crippen molar-refractivity contribution in [3.63, 3.8) is 0 Å². The fraction of sp³-hybridized carbons (Fsp3) is 0.600. The third kappa shape index (κ3) is 2.99. The Bertz CT molecular complexity index is 547. The molecule has 0 N–H and O–H groups in total. The Morgan fingerprint density at radius 3 is 2.10 bits per heavy atom. The fourth-order valence-corrected chi connectivity index (χ4v) is 4.25. The molecule has 1 fully saturated rings. The highest BCUT2D eigenvalue weighted by atomic mass is 32.2. The summed E-state index contributed by atoms with van der Waals surface area (Å²) in [6.07, 6.45) is 1.93. The quantitative estimate of drug-likeness (QED) is 0.811. The minimum atomic E-state index is -3.43. The van der Waals surface area contributed by atoms with Gasteiger partial charge in [0.05, 0.1) is 12.0 Å². The molecule has 20 heavy (non-hydrogen) atoms. The zero-order chi connectivity index (χ0) is 14.9. The zero-order valence-electron chi connectivity index (χ0n) is 12.5. The molecule has 0 bridgehead atoms. The second-order valence-electron chi connectivity index (χ2n) is 5.73. The molecule has 0 heterocycles. The van der Waals surface area contributed by atoms with Gasteiger partial charge in [0.1, 0.15) is 5.75 Å². The van der Waals surface area contributed by atoms with Crippen LogP contribution in [0.5, 0.6) is 5.75 Å². The van der Waals surface area contributed by atoms with E-state index in [0.29, 0.717) is 16.6 Å². The number of hydrogen-bond acceptors (Lipinski definition) is 3. The fourth-order valence-electron chi connectivity index (χ4n) is 2.24. The molecular weight excluding hydrogens is 274 g/mol. The molecule has 1 atom stereocenters. The summed E-state index contributed by atoms with van der Waals surface area (Å²) in [5.41, 5.74) is 0. The predicted molar refractivity (Wildman–Crippen MR) is 79.3 cm³/mol. The summed E-state index contributed by atoms with van der Waals surface area (Å²) in [7, 11) is -1.86. The number of hydrogen-bond donors (Lipinski definition) is 0. The molecule has 0 aliphatic heterocycles. The van der Waals surface area contributed by atoms with Gasteiger partial charge in [-0.1, -0.05) is 13.8 Å². The van der Waals surface area contributed by atoms with E-state index >= 15 is 0 Å². The standard InChI is InChI=1S/C15H23NO3S/c1-11(2)12(3)16(13-5-6-13)20(17,18)15-9-7-14(19-4)8-10-15/h7-13H,5-6H2,1-4H3. The van der Waals surface area contributed by atoms with Gasteiger partial charge in [-0.2, -0.15) is 4.31 Å². The Kier molecular flexibility index (Phi) is 4.39. The lowest BCUT2D eigenvalue weighted by molar-refractivity contribution is 0.269. The van der Waals surface area contributed by atoms with E-state index in [1.54, 1.807) is 35.7 Å². The Labute approximate surface area is 121 Å². The van der Waals surface area contributed by atoms with E-state index in [9.17, 15) is 8.42 Å². The molecule has 5 heteroatoms. The summed E-state index contributed by atoms with van der Waals surface area (Å²) < 4.78 is 32.5. The highest BCUT2D eigenvalue weighted by molar-refractivity contribution is 7.89. The van der Waals surface area contributed by atoms with Crippen molar-refractivity contribution in [3.05, 3.63) is 24.3 Å². The molecule has 1 aromatic carbocycles. The topological polar surface area (TPSA) is 46.6 Å². The Balaban J connectivity index is 2.34. The van der Waals surface area contributed by atoms with Gasteiger partial charge in [-0.25, -0.2) is 8.42 Å². The molecule has 0 saturated heterocycles. The summed E-state index contributed by atoms with van der Waals surface area (Å²) in [4.78, 5) is 0.345. The first kappa shape index (κ1) is 15.3. The molecule has 1 aromatic rings. The normalized spacial score (nSPS) is 17.5. The average molecular weight is 297 g/mol. The van der Waals surface area contributed by atoms with Crippen LogP contribution in [-0.4, -0.2) is 31.9 Å². The van der Waals surface area contributed by atoms with E-state index in [2.05, 4.69) is 13.8 Å².